The minimum atomic E-state index is 0. The van der Waals surface area contributed by atoms with Crippen molar-refractivity contribution in [3.63, 3.8) is 0 Å². The summed E-state index contributed by atoms with van der Waals surface area (Å²) in [6.07, 6.45) is 0. The Bertz CT molecular complexity index is 11.6. The zero-order valence-electron chi connectivity index (χ0n) is 3.11. The predicted octanol–water partition coefficient (Wildman–Crippen LogP) is -4.04. The number of hydrogen-bond acceptors (Lipinski definition) is 1. The van der Waals surface area contributed by atoms with Gasteiger partial charge in [-0.15, -0.1) is 0 Å². The Morgan fingerprint density at radius 3 is 2.00 bits per heavy atom. The second-order valence-corrected chi connectivity index (χ2v) is 0.591. The SMILES string of the molecule is CC[NH2+]O.[Cl-]. The maximum absolute atomic E-state index is 7.75. The van der Waals surface area contributed by atoms with Gasteiger partial charge in [-0.05, 0) is 6.92 Å². The van der Waals surface area contributed by atoms with Crippen molar-refractivity contribution >= 4 is 0 Å². The first-order valence-corrected chi connectivity index (χ1v) is 1.37. The Morgan fingerprint density at radius 1 is 1.80 bits per heavy atom. The summed E-state index contributed by atoms with van der Waals surface area (Å²) in [4.78, 5) is 0. The topological polar surface area (TPSA) is 36.8 Å². The number of nitrogens with two attached hydrogens (primary N) is 1. The molecule has 3 heteroatoms. The van der Waals surface area contributed by atoms with Crippen LogP contribution in [-0.2, 0) is 0 Å². The molecular formula is C2H8ClNO. The maximum Gasteiger partial charge on any atom is 0.102 e. The summed E-state index contributed by atoms with van der Waals surface area (Å²) < 4.78 is 0. The van der Waals surface area contributed by atoms with Gasteiger partial charge in [0.05, 0.1) is 0 Å². The summed E-state index contributed by atoms with van der Waals surface area (Å²) >= 11 is 0. The van der Waals surface area contributed by atoms with Crippen LogP contribution < -0.4 is 17.9 Å². The molecule has 0 saturated carbocycles. The van der Waals surface area contributed by atoms with Gasteiger partial charge in [0.1, 0.15) is 6.54 Å². The standard InChI is InChI=1S/C2H7NO.ClH/c1-2-3-4;/h3-4H,2H2,1H3;1H. The van der Waals surface area contributed by atoms with Crippen LogP contribution in [-0.4, -0.2) is 11.8 Å². The number of rotatable bonds is 1. The van der Waals surface area contributed by atoms with Crippen molar-refractivity contribution in [2.45, 2.75) is 6.92 Å². The fraction of sp³-hybridized carbons (Fsp3) is 1.00. The Kier molecular flexibility index (Phi) is 15.9. The molecule has 0 unspecified atom stereocenters. The third-order valence-electron chi connectivity index (χ3n) is 0.183. The minimum Gasteiger partial charge on any atom is -1.00 e. The Labute approximate surface area is 37.6 Å². The molecule has 0 aliphatic heterocycles. The van der Waals surface area contributed by atoms with Crippen molar-refractivity contribution in [2.75, 3.05) is 6.54 Å². The summed E-state index contributed by atoms with van der Waals surface area (Å²) in [5, 5.41) is 7.75. The predicted molar refractivity (Wildman–Crippen MR) is 14.3 cm³/mol. The number of quaternary nitrogens is 1. The van der Waals surface area contributed by atoms with E-state index in [2.05, 4.69) is 0 Å². The molecular weight excluding hydrogens is 89.5 g/mol. The average Bonchev–Trinajstić information content (AvgIpc) is 1.37. The average molecular weight is 97.5 g/mol. The molecule has 0 spiro atoms. The largest absolute Gasteiger partial charge is 1.00 e. The second kappa shape index (κ2) is 8.88. The smallest absolute Gasteiger partial charge is 0.102 e. The zero-order chi connectivity index (χ0) is 3.41. The van der Waals surface area contributed by atoms with Crippen LogP contribution in [0, 0.1) is 0 Å². The van der Waals surface area contributed by atoms with E-state index in [9.17, 15) is 0 Å². The van der Waals surface area contributed by atoms with Crippen molar-refractivity contribution < 1.29 is 23.1 Å². The van der Waals surface area contributed by atoms with E-state index in [1.807, 2.05) is 6.92 Å². The van der Waals surface area contributed by atoms with Crippen LogP contribution in [0.4, 0.5) is 0 Å². The summed E-state index contributed by atoms with van der Waals surface area (Å²) in [5.74, 6) is 0. The fourth-order valence-corrected chi connectivity index (χ4v) is 0. The van der Waals surface area contributed by atoms with Crippen LogP contribution in [0.5, 0.6) is 0 Å². The molecule has 2 nitrogen and oxygen atoms in total. The molecule has 0 bridgehead atoms. The summed E-state index contributed by atoms with van der Waals surface area (Å²) in [6.45, 7) is 2.62. The quantitative estimate of drug-likeness (QED) is 0.321. The first-order valence-electron chi connectivity index (χ1n) is 1.37. The molecule has 0 aromatic rings. The van der Waals surface area contributed by atoms with E-state index < -0.39 is 0 Å². The van der Waals surface area contributed by atoms with Crippen molar-refractivity contribution in [1.29, 1.82) is 0 Å². The molecule has 0 saturated heterocycles. The zero-order valence-corrected chi connectivity index (χ0v) is 3.87. The minimum absolute atomic E-state index is 0. The lowest BCUT2D eigenvalue weighted by molar-refractivity contribution is -0.884. The van der Waals surface area contributed by atoms with Crippen LogP contribution in [0.25, 0.3) is 0 Å². The Morgan fingerprint density at radius 2 is 2.00 bits per heavy atom. The van der Waals surface area contributed by atoms with Gasteiger partial charge in [-0.25, -0.2) is 10.7 Å². The van der Waals surface area contributed by atoms with Gasteiger partial charge in [-0.3, -0.25) is 0 Å². The third-order valence-corrected chi connectivity index (χ3v) is 0.183. The lowest BCUT2D eigenvalue weighted by Gasteiger charge is -1.70. The van der Waals surface area contributed by atoms with E-state index in [1.165, 1.54) is 0 Å². The van der Waals surface area contributed by atoms with Crippen LogP contribution in [0.15, 0.2) is 0 Å². The van der Waals surface area contributed by atoms with Crippen molar-refractivity contribution in [3.8, 4) is 0 Å². The second-order valence-electron chi connectivity index (χ2n) is 0.591. The lowest BCUT2D eigenvalue weighted by Crippen LogP contribution is -3.00. The number of halogens is 1. The lowest BCUT2D eigenvalue weighted by atomic mass is 10.8. The molecule has 0 fully saturated rings. The van der Waals surface area contributed by atoms with Gasteiger partial charge in [0.25, 0.3) is 0 Å². The first-order chi connectivity index (χ1) is 1.91. The van der Waals surface area contributed by atoms with E-state index >= 15 is 0 Å². The molecule has 0 aliphatic carbocycles. The van der Waals surface area contributed by atoms with Gasteiger partial charge in [0.2, 0.25) is 0 Å². The van der Waals surface area contributed by atoms with Gasteiger partial charge in [-0.1, -0.05) is 0 Å². The summed E-state index contributed by atoms with van der Waals surface area (Å²) in [6, 6.07) is 0. The van der Waals surface area contributed by atoms with Gasteiger partial charge in [0.15, 0.2) is 0 Å². The van der Waals surface area contributed by atoms with Crippen molar-refractivity contribution in [2.24, 2.45) is 0 Å². The van der Waals surface area contributed by atoms with Crippen LogP contribution in [0.3, 0.4) is 0 Å². The maximum atomic E-state index is 7.75. The van der Waals surface area contributed by atoms with Gasteiger partial charge in [0, 0.05) is 0 Å². The van der Waals surface area contributed by atoms with Crippen LogP contribution in [0.2, 0.25) is 0 Å². The van der Waals surface area contributed by atoms with E-state index in [-0.39, 0.29) is 12.4 Å². The Balaban J connectivity index is 0. The highest BCUT2D eigenvalue weighted by molar-refractivity contribution is 3.81. The summed E-state index contributed by atoms with van der Waals surface area (Å²) in [7, 11) is 0. The van der Waals surface area contributed by atoms with Crippen LogP contribution >= 0.6 is 0 Å². The molecule has 0 heterocycles. The van der Waals surface area contributed by atoms with Gasteiger partial charge < -0.3 is 12.4 Å². The number of hydrogen-bond donors (Lipinski definition) is 2. The van der Waals surface area contributed by atoms with Crippen molar-refractivity contribution in [1.82, 2.24) is 0 Å². The highest BCUT2D eigenvalue weighted by Crippen LogP contribution is 1.18. The highest BCUT2D eigenvalue weighted by atomic mass is 35.5. The molecule has 34 valence electrons. The highest BCUT2D eigenvalue weighted by Gasteiger charge is 1.57. The monoisotopic (exact) mass is 97.0 g/mol. The third kappa shape index (κ3) is 14.0. The molecule has 0 atom stereocenters. The van der Waals surface area contributed by atoms with Gasteiger partial charge >= 0.3 is 0 Å². The summed E-state index contributed by atoms with van der Waals surface area (Å²) in [5.41, 5.74) is 1.12. The van der Waals surface area contributed by atoms with Crippen molar-refractivity contribution in [3.05, 3.63) is 0 Å². The van der Waals surface area contributed by atoms with Crippen LogP contribution in [0.1, 0.15) is 6.92 Å². The molecule has 0 rings (SSSR count). The van der Waals surface area contributed by atoms with E-state index in [4.69, 9.17) is 5.21 Å². The van der Waals surface area contributed by atoms with E-state index in [1.54, 1.807) is 0 Å². The molecule has 0 radical (unpaired) electrons. The fourth-order valence-electron chi connectivity index (χ4n) is 0. The molecule has 0 aromatic carbocycles. The number of hydroxylamine groups is 1. The van der Waals surface area contributed by atoms with E-state index in [0.29, 0.717) is 0 Å². The molecule has 5 heavy (non-hydrogen) atoms. The molecule has 0 amide bonds. The normalized spacial score (nSPS) is 6.00. The first kappa shape index (κ1) is 8.96. The molecule has 0 aliphatic rings. The molecule has 0 aromatic heterocycles. The van der Waals surface area contributed by atoms with Gasteiger partial charge in [-0.2, -0.15) is 0 Å². The molecule has 3 N–H and O–H groups in total. The Hall–Kier alpha value is 0.210. The van der Waals surface area contributed by atoms with E-state index in [0.717, 1.165) is 12.0 Å².